The molecule has 0 aliphatic carbocycles. The fraction of sp³-hybridized carbons (Fsp3) is 0.571. The van der Waals surface area contributed by atoms with Gasteiger partial charge >= 0.3 is 0 Å². The van der Waals surface area contributed by atoms with Crippen molar-refractivity contribution in [3.8, 4) is 0 Å². The smallest absolute Gasteiger partial charge is 0.123 e. The fourth-order valence-electron chi connectivity index (χ4n) is 2.19. The Morgan fingerprint density at radius 3 is 2.83 bits per heavy atom. The molecule has 2 rings (SSSR count). The Bertz CT molecular complexity index is 351. The molecule has 1 aromatic rings. The van der Waals surface area contributed by atoms with Crippen molar-refractivity contribution in [2.24, 2.45) is 0 Å². The van der Waals surface area contributed by atoms with Gasteiger partial charge in [0.05, 0.1) is 6.10 Å². The van der Waals surface area contributed by atoms with Gasteiger partial charge in [0.2, 0.25) is 0 Å². The summed E-state index contributed by atoms with van der Waals surface area (Å²) in [5.74, 6) is 2.26. The maximum absolute atomic E-state index is 12.9. The normalized spacial score (nSPS) is 21.8. The number of methoxy groups -OCH3 is 1. The number of nitrogens with one attached hydrogen (secondary N) is 1. The lowest BCUT2D eigenvalue weighted by Gasteiger charge is -2.25. The molecular weight excluding hydrogens is 249 g/mol. The summed E-state index contributed by atoms with van der Waals surface area (Å²) in [6.07, 6.45) is 2.53. The van der Waals surface area contributed by atoms with Gasteiger partial charge in [-0.15, -0.1) is 0 Å². The van der Waals surface area contributed by atoms with Crippen LogP contribution in [0, 0.1) is 5.82 Å². The Kier molecular flexibility index (Phi) is 5.47. The summed E-state index contributed by atoms with van der Waals surface area (Å²) >= 11 is 2.01. The van der Waals surface area contributed by atoms with Crippen LogP contribution in [0.1, 0.15) is 24.5 Å². The van der Waals surface area contributed by atoms with Crippen molar-refractivity contribution in [2.75, 3.05) is 25.2 Å². The number of hydrogen-bond donors (Lipinski definition) is 1. The van der Waals surface area contributed by atoms with E-state index in [4.69, 9.17) is 4.74 Å². The molecule has 1 fully saturated rings. The van der Waals surface area contributed by atoms with Crippen molar-refractivity contribution in [3.05, 3.63) is 35.6 Å². The molecule has 0 saturated carbocycles. The number of thioether (sulfide) groups is 1. The zero-order valence-corrected chi connectivity index (χ0v) is 11.5. The summed E-state index contributed by atoms with van der Waals surface area (Å²) in [7, 11) is 1.70. The average molecular weight is 269 g/mol. The zero-order valence-electron chi connectivity index (χ0n) is 10.7. The molecule has 0 spiro atoms. The van der Waals surface area contributed by atoms with Gasteiger partial charge in [0.25, 0.3) is 0 Å². The minimum atomic E-state index is -0.203. The van der Waals surface area contributed by atoms with E-state index in [1.807, 2.05) is 11.8 Å². The molecule has 1 saturated heterocycles. The lowest BCUT2D eigenvalue weighted by molar-refractivity contribution is 0.0996. The van der Waals surface area contributed by atoms with E-state index in [9.17, 15) is 4.39 Å². The van der Waals surface area contributed by atoms with Crippen molar-refractivity contribution >= 4 is 11.8 Å². The first kappa shape index (κ1) is 13.8. The molecule has 1 N–H and O–H groups in total. The molecule has 0 radical (unpaired) electrons. The minimum Gasteiger partial charge on any atom is -0.375 e. The second kappa shape index (κ2) is 7.12. The maximum Gasteiger partial charge on any atom is 0.123 e. The largest absolute Gasteiger partial charge is 0.375 e. The van der Waals surface area contributed by atoms with Gasteiger partial charge in [-0.2, -0.15) is 11.8 Å². The van der Waals surface area contributed by atoms with Crippen molar-refractivity contribution in [1.82, 2.24) is 5.32 Å². The molecule has 1 aromatic carbocycles. The van der Waals surface area contributed by atoms with Crippen LogP contribution in [0.25, 0.3) is 0 Å². The number of halogens is 1. The number of hydrogen-bond acceptors (Lipinski definition) is 3. The first-order valence-corrected chi connectivity index (χ1v) is 7.54. The third kappa shape index (κ3) is 3.97. The van der Waals surface area contributed by atoms with Crippen molar-refractivity contribution in [1.29, 1.82) is 0 Å². The van der Waals surface area contributed by atoms with Crippen molar-refractivity contribution in [2.45, 2.75) is 25.0 Å². The van der Waals surface area contributed by atoms with Gasteiger partial charge in [0, 0.05) is 25.4 Å². The van der Waals surface area contributed by atoms with Crippen LogP contribution in [0.4, 0.5) is 4.39 Å². The summed E-state index contributed by atoms with van der Waals surface area (Å²) in [5.41, 5.74) is 1.02. The topological polar surface area (TPSA) is 21.3 Å². The Morgan fingerprint density at radius 1 is 1.44 bits per heavy atom. The van der Waals surface area contributed by atoms with E-state index >= 15 is 0 Å². The Labute approximate surface area is 112 Å². The standard InChI is InChI=1S/C14H20FNOS/c1-17-14(11-4-6-12(15)7-5-11)9-16-13-3-2-8-18-10-13/h4-7,13-14,16H,2-3,8-10H2,1H3/t13-,14+/m0/s1. The number of benzene rings is 1. The predicted octanol–water partition coefficient (Wildman–Crippen LogP) is 3.00. The molecule has 1 aliphatic rings. The third-order valence-electron chi connectivity index (χ3n) is 3.28. The fourth-order valence-corrected chi connectivity index (χ4v) is 3.30. The highest BCUT2D eigenvalue weighted by atomic mass is 32.2. The molecule has 0 aromatic heterocycles. The van der Waals surface area contributed by atoms with E-state index in [0.717, 1.165) is 12.1 Å². The highest BCUT2D eigenvalue weighted by Crippen LogP contribution is 2.19. The summed E-state index contributed by atoms with van der Waals surface area (Å²) in [6, 6.07) is 7.14. The molecule has 0 bridgehead atoms. The molecule has 4 heteroatoms. The van der Waals surface area contributed by atoms with Crippen LogP contribution in [0.5, 0.6) is 0 Å². The Balaban J connectivity index is 1.86. The molecule has 1 aliphatic heterocycles. The summed E-state index contributed by atoms with van der Waals surface area (Å²) in [4.78, 5) is 0. The van der Waals surface area contributed by atoms with E-state index in [2.05, 4.69) is 5.32 Å². The molecule has 18 heavy (non-hydrogen) atoms. The van der Waals surface area contributed by atoms with E-state index in [0.29, 0.717) is 6.04 Å². The van der Waals surface area contributed by atoms with Crippen LogP contribution in [0.2, 0.25) is 0 Å². The summed E-state index contributed by atoms with van der Waals surface area (Å²) < 4.78 is 18.3. The van der Waals surface area contributed by atoms with Crippen LogP contribution >= 0.6 is 11.8 Å². The highest BCUT2D eigenvalue weighted by Gasteiger charge is 2.16. The number of ether oxygens (including phenoxy) is 1. The minimum absolute atomic E-state index is 0.00229. The lowest BCUT2D eigenvalue weighted by atomic mass is 10.1. The van der Waals surface area contributed by atoms with Crippen molar-refractivity contribution < 1.29 is 9.13 Å². The number of rotatable bonds is 5. The molecule has 0 amide bonds. The lowest BCUT2D eigenvalue weighted by Crippen LogP contribution is -2.36. The third-order valence-corrected chi connectivity index (χ3v) is 4.49. The van der Waals surface area contributed by atoms with Gasteiger partial charge in [-0.05, 0) is 36.3 Å². The van der Waals surface area contributed by atoms with Gasteiger partial charge in [0.1, 0.15) is 5.82 Å². The highest BCUT2D eigenvalue weighted by molar-refractivity contribution is 7.99. The van der Waals surface area contributed by atoms with E-state index in [1.165, 1.54) is 36.5 Å². The van der Waals surface area contributed by atoms with Crippen LogP contribution in [-0.4, -0.2) is 31.2 Å². The Hall–Kier alpha value is -0.580. The molecule has 0 unspecified atom stereocenters. The first-order chi connectivity index (χ1) is 8.79. The van der Waals surface area contributed by atoms with Crippen LogP contribution < -0.4 is 5.32 Å². The van der Waals surface area contributed by atoms with E-state index < -0.39 is 0 Å². The van der Waals surface area contributed by atoms with Gasteiger partial charge in [-0.3, -0.25) is 0 Å². The van der Waals surface area contributed by atoms with Gasteiger partial charge in [0.15, 0.2) is 0 Å². The Morgan fingerprint density at radius 2 is 2.22 bits per heavy atom. The quantitative estimate of drug-likeness (QED) is 0.888. The molecule has 100 valence electrons. The summed E-state index contributed by atoms with van der Waals surface area (Å²) in [5, 5.41) is 3.55. The van der Waals surface area contributed by atoms with Crippen LogP contribution in [0.3, 0.4) is 0 Å². The summed E-state index contributed by atoms with van der Waals surface area (Å²) in [6.45, 7) is 0.785. The maximum atomic E-state index is 12.9. The van der Waals surface area contributed by atoms with Crippen LogP contribution in [-0.2, 0) is 4.74 Å². The predicted molar refractivity (Wildman–Crippen MR) is 74.5 cm³/mol. The molecule has 2 nitrogen and oxygen atoms in total. The first-order valence-electron chi connectivity index (χ1n) is 6.39. The molecular formula is C14H20FNOS. The molecule has 1 heterocycles. The monoisotopic (exact) mass is 269 g/mol. The van der Waals surface area contributed by atoms with Crippen molar-refractivity contribution in [3.63, 3.8) is 0 Å². The van der Waals surface area contributed by atoms with E-state index in [1.54, 1.807) is 19.2 Å². The van der Waals surface area contributed by atoms with Crippen LogP contribution in [0.15, 0.2) is 24.3 Å². The van der Waals surface area contributed by atoms with Gasteiger partial charge in [-0.1, -0.05) is 12.1 Å². The molecule has 2 atom stereocenters. The second-order valence-corrected chi connectivity index (χ2v) is 5.75. The van der Waals surface area contributed by atoms with E-state index in [-0.39, 0.29) is 11.9 Å². The van der Waals surface area contributed by atoms with Gasteiger partial charge < -0.3 is 10.1 Å². The zero-order chi connectivity index (χ0) is 12.8. The second-order valence-electron chi connectivity index (χ2n) is 4.60. The van der Waals surface area contributed by atoms with Gasteiger partial charge in [-0.25, -0.2) is 4.39 Å². The average Bonchev–Trinajstić information content (AvgIpc) is 2.42. The SMILES string of the molecule is CO[C@H](CN[C@H]1CCCSC1)c1ccc(F)cc1.